The van der Waals surface area contributed by atoms with Gasteiger partial charge >= 0.3 is 0 Å². The smallest absolute Gasteiger partial charge is 0.191 e. The number of rotatable bonds is 8. The van der Waals surface area contributed by atoms with Crippen molar-refractivity contribution in [1.29, 1.82) is 0 Å². The van der Waals surface area contributed by atoms with E-state index in [9.17, 15) is 0 Å². The molecular weight excluding hydrogens is 495 g/mol. The van der Waals surface area contributed by atoms with E-state index in [1.54, 1.807) is 0 Å². The van der Waals surface area contributed by atoms with E-state index < -0.39 is 0 Å². The van der Waals surface area contributed by atoms with Gasteiger partial charge in [-0.05, 0) is 50.0 Å². The summed E-state index contributed by atoms with van der Waals surface area (Å²) in [6.07, 6.45) is 8.52. The normalized spacial score (nSPS) is 16.4. The summed E-state index contributed by atoms with van der Waals surface area (Å²) in [4.78, 5) is 8.36. The molecule has 0 radical (unpaired) electrons. The molecule has 1 aliphatic rings. The van der Waals surface area contributed by atoms with E-state index >= 15 is 0 Å². The molecule has 1 aromatic heterocycles. The number of nitrogens with one attached hydrogen (secondary N) is 3. The van der Waals surface area contributed by atoms with Gasteiger partial charge in [-0.2, -0.15) is 11.8 Å². The van der Waals surface area contributed by atoms with Crippen LogP contribution >= 0.6 is 35.7 Å². The Morgan fingerprint density at radius 2 is 2.00 bits per heavy atom. The number of hydrogen-bond acceptors (Lipinski definition) is 3. The molecule has 1 aromatic carbocycles. The van der Waals surface area contributed by atoms with Crippen LogP contribution < -0.4 is 10.6 Å². The Morgan fingerprint density at radius 1 is 1.21 bits per heavy atom. The Balaban J connectivity index is 0.00000300. The Bertz CT molecular complexity index is 786. The van der Waals surface area contributed by atoms with Crippen molar-refractivity contribution in [3.8, 4) is 0 Å². The predicted octanol–water partition coefficient (Wildman–Crippen LogP) is 4.36. The number of aryl methyl sites for hydroxylation is 1. The van der Waals surface area contributed by atoms with Gasteiger partial charge in [-0.25, -0.2) is 0 Å². The van der Waals surface area contributed by atoms with Crippen LogP contribution in [0.2, 0.25) is 0 Å². The molecule has 1 saturated heterocycles. The van der Waals surface area contributed by atoms with Crippen molar-refractivity contribution in [3.63, 3.8) is 0 Å². The number of guanidine groups is 1. The molecule has 0 bridgehead atoms. The minimum atomic E-state index is 0. The lowest BCUT2D eigenvalue weighted by Gasteiger charge is -2.34. The van der Waals surface area contributed by atoms with Gasteiger partial charge in [0.05, 0.1) is 6.54 Å². The summed E-state index contributed by atoms with van der Waals surface area (Å²) >= 11 is 1.93. The van der Waals surface area contributed by atoms with Crippen LogP contribution in [0.15, 0.2) is 29.4 Å². The number of halogens is 1. The zero-order chi connectivity index (χ0) is 19.8. The van der Waals surface area contributed by atoms with E-state index in [0.29, 0.717) is 0 Å². The second-order valence-corrected chi connectivity index (χ2v) is 8.65. The van der Waals surface area contributed by atoms with Crippen LogP contribution in [-0.2, 0) is 17.6 Å². The maximum Gasteiger partial charge on any atom is 0.191 e. The Kier molecular flexibility index (Phi) is 10.1. The molecule has 0 amide bonds. The van der Waals surface area contributed by atoms with Gasteiger partial charge in [0.1, 0.15) is 0 Å². The first kappa shape index (κ1) is 24.3. The van der Waals surface area contributed by atoms with Crippen LogP contribution in [-0.4, -0.2) is 54.8 Å². The molecule has 7 heteroatoms. The fourth-order valence-electron chi connectivity index (χ4n) is 3.83. The predicted molar refractivity (Wildman–Crippen MR) is 137 cm³/mol. The quantitative estimate of drug-likeness (QED) is 0.270. The summed E-state index contributed by atoms with van der Waals surface area (Å²) in [6, 6.07) is 6.58. The number of nitrogens with zero attached hydrogens (tertiary/aromatic N) is 1. The summed E-state index contributed by atoms with van der Waals surface area (Å²) in [7, 11) is 0. The van der Waals surface area contributed by atoms with Gasteiger partial charge < -0.3 is 20.4 Å². The van der Waals surface area contributed by atoms with E-state index in [1.165, 1.54) is 22.0 Å². The maximum atomic E-state index is 5.54. The fraction of sp³-hybridized carbons (Fsp3) is 0.591. The first-order valence-corrected chi connectivity index (χ1v) is 11.7. The summed E-state index contributed by atoms with van der Waals surface area (Å²) in [6.45, 7) is 8.58. The highest BCUT2D eigenvalue weighted by Crippen LogP contribution is 2.34. The Morgan fingerprint density at radius 3 is 2.69 bits per heavy atom. The monoisotopic (exact) mass is 530 g/mol. The largest absolute Gasteiger partial charge is 0.381 e. The van der Waals surface area contributed by atoms with E-state index in [2.05, 4.69) is 60.1 Å². The average Bonchev–Trinajstić information content (AvgIpc) is 3.16. The number of hydrogen-bond donors (Lipinski definition) is 3. The number of para-hydroxylation sites is 1. The van der Waals surface area contributed by atoms with Crippen LogP contribution in [0.25, 0.3) is 10.9 Å². The molecule has 2 aromatic rings. The molecule has 5 nitrogen and oxygen atoms in total. The highest BCUT2D eigenvalue weighted by atomic mass is 127. The van der Waals surface area contributed by atoms with Gasteiger partial charge in [0.25, 0.3) is 0 Å². The Labute approximate surface area is 196 Å². The highest BCUT2D eigenvalue weighted by Gasteiger charge is 2.31. The standard InChI is InChI=1S/C22H34N4OS.HI/c1-4-17-7-6-8-19-18(15-25-20(17)19)9-12-24-21(23-5-2)26-16-22(28-3)10-13-27-14-11-22;/h6-8,15,25H,4-5,9-14,16H2,1-3H3,(H2,23,24,26);1H. The molecule has 0 unspecified atom stereocenters. The minimum absolute atomic E-state index is 0. The summed E-state index contributed by atoms with van der Waals surface area (Å²) in [5.41, 5.74) is 4.02. The molecule has 0 aliphatic carbocycles. The number of ether oxygens (including phenoxy) is 1. The van der Waals surface area contributed by atoms with Crippen LogP contribution in [0, 0.1) is 0 Å². The fourth-order valence-corrected chi connectivity index (χ4v) is 4.60. The number of thioether (sulfide) groups is 1. The van der Waals surface area contributed by atoms with E-state index in [-0.39, 0.29) is 28.7 Å². The second-order valence-electron chi connectivity index (χ2n) is 7.38. The molecule has 3 rings (SSSR count). The van der Waals surface area contributed by atoms with E-state index in [0.717, 1.165) is 64.5 Å². The molecular formula is C22H35IN4OS. The average molecular weight is 531 g/mol. The number of aromatic nitrogens is 1. The number of H-pyrrole nitrogens is 1. The van der Waals surface area contributed by atoms with Gasteiger partial charge in [-0.1, -0.05) is 25.1 Å². The first-order chi connectivity index (χ1) is 13.7. The lowest BCUT2D eigenvalue weighted by atomic mass is 9.99. The van der Waals surface area contributed by atoms with Gasteiger partial charge in [0.2, 0.25) is 0 Å². The lowest BCUT2D eigenvalue weighted by molar-refractivity contribution is 0.0794. The third-order valence-corrected chi connectivity index (χ3v) is 7.07. The third-order valence-electron chi connectivity index (χ3n) is 5.66. The molecule has 162 valence electrons. The molecule has 29 heavy (non-hydrogen) atoms. The molecule has 0 spiro atoms. The maximum absolute atomic E-state index is 5.54. The van der Waals surface area contributed by atoms with Crippen molar-refractivity contribution in [1.82, 2.24) is 15.6 Å². The van der Waals surface area contributed by atoms with Gasteiger partial charge in [-0.3, -0.25) is 4.99 Å². The van der Waals surface area contributed by atoms with Gasteiger partial charge in [-0.15, -0.1) is 24.0 Å². The van der Waals surface area contributed by atoms with Crippen LogP contribution in [0.4, 0.5) is 0 Å². The van der Waals surface area contributed by atoms with Crippen molar-refractivity contribution < 1.29 is 4.74 Å². The topological polar surface area (TPSA) is 61.4 Å². The molecule has 2 heterocycles. The first-order valence-electron chi connectivity index (χ1n) is 10.4. The number of fused-ring (bicyclic) bond motifs is 1. The Hall–Kier alpha value is -0.930. The number of benzene rings is 1. The van der Waals surface area contributed by atoms with E-state index in [1.807, 2.05) is 11.8 Å². The number of aliphatic imine (C=N–C) groups is 1. The molecule has 3 N–H and O–H groups in total. The minimum Gasteiger partial charge on any atom is -0.381 e. The SMILES string of the molecule is CCNC(=NCC1(SC)CCOCC1)NCCc1c[nH]c2c(CC)cccc12.I. The van der Waals surface area contributed by atoms with Crippen molar-refractivity contribution in [3.05, 3.63) is 35.5 Å². The van der Waals surface area contributed by atoms with Crippen LogP contribution in [0.3, 0.4) is 0 Å². The van der Waals surface area contributed by atoms with E-state index in [4.69, 9.17) is 9.73 Å². The zero-order valence-corrected chi connectivity index (χ0v) is 21.0. The van der Waals surface area contributed by atoms with Crippen LogP contribution in [0.5, 0.6) is 0 Å². The highest BCUT2D eigenvalue weighted by molar-refractivity contribution is 14.0. The lowest BCUT2D eigenvalue weighted by Crippen LogP contribution is -2.41. The van der Waals surface area contributed by atoms with Crippen molar-refractivity contribution >= 4 is 52.6 Å². The van der Waals surface area contributed by atoms with Gasteiger partial charge in [0.15, 0.2) is 5.96 Å². The van der Waals surface area contributed by atoms with Crippen LogP contribution in [0.1, 0.15) is 37.8 Å². The second kappa shape index (κ2) is 12.1. The molecule has 1 aliphatic heterocycles. The molecule has 0 atom stereocenters. The van der Waals surface area contributed by atoms with Crippen molar-refractivity contribution in [2.24, 2.45) is 4.99 Å². The molecule has 1 fully saturated rings. The van der Waals surface area contributed by atoms with Crippen molar-refractivity contribution in [2.75, 3.05) is 39.1 Å². The summed E-state index contributed by atoms with van der Waals surface area (Å²) in [5, 5.41) is 8.25. The van der Waals surface area contributed by atoms with Gasteiger partial charge in [0, 0.05) is 48.2 Å². The van der Waals surface area contributed by atoms with Crippen molar-refractivity contribution in [2.45, 2.75) is 44.3 Å². The summed E-state index contributed by atoms with van der Waals surface area (Å²) < 4.78 is 5.76. The number of aromatic amines is 1. The summed E-state index contributed by atoms with van der Waals surface area (Å²) in [5.74, 6) is 0.913. The molecule has 0 saturated carbocycles. The third kappa shape index (κ3) is 6.28. The zero-order valence-electron chi connectivity index (χ0n) is 17.8.